The highest BCUT2D eigenvalue weighted by Crippen LogP contribution is 2.27. The minimum atomic E-state index is 0.646. The summed E-state index contributed by atoms with van der Waals surface area (Å²) in [6.45, 7) is 7.82. The molecule has 1 N–H and O–H groups in total. The fourth-order valence-electron chi connectivity index (χ4n) is 3.33. The van der Waals surface area contributed by atoms with Crippen molar-refractivity contribution in [2.75, 3.05) is 18.1 Å². The van der Waals surface area contributed by atoms with Gasteiger partial charge >= 0.3 is 0 Å². The van der Waals surface area contributed by atoms with Crippen molar-refractivity contribution >= 4 is 11.8 Å². The van der Waals surface area contributed by atoms with Crippen molar-refractivity contribution in [1.29, 1.82) is 0 Å². The van der Waals surface area contributed by atoms with Gasteiger partial charge in [-0.15, -0.1) is 0 Å². The van der Waals surface area contributed by atoms with Gasteiger partial charge in [0.15, 0.2) is 0 Å². The average molecular weight is 292 g/mol. The van der Waals surface area contributed by atoms with Crippen LogP contribution in [-0.2, 0) is 6.42 Å². The van der Waals surface area contributed by atoms with Gasteiger partial charge < -0.3 is 5.32 Å². The Bertz CT molecular complexity index is 390. The Morgan fingerprint density at radius 3 is 2.45 bits per heavy atom. The van der Waals surface area contributed by atoms with Crippen LogP contribution in [0.5, 0.6) is 0 Å². The lowest BCUT2D eigenvalue weighted by Crippen LogP contribution is -2.34. The van der Waals surface area contributed by atoms with Gasteiger partial charge in [0, 0.05) is 6.04 Å². The number of benzene rings is 1. The highest BCUT2D eigenvalue weighted by atomic mass is 32.2. The van der Waals surface area contributed by atoms with Crippen LogP contribution in [0.1, 0.15) is 42.9 Å². The van der Waals surface area contributed by atoms with Crippen molar-refractivity contribution in [3.63, 3.8) is 0 Å². The van der Waals surface area contributed by atoms with E-state index in [1.54, 1.807) is 5.56 Å². The predicted molar refractivity (Wildman–Crippen MR) is 91.8 cm³/mol. The lowest BCUT2D eigenvalue weighted by molar-refractivity contribution is 0.366. The number of rotatable bonds is 6. The lowest BCUT2D eigenvalue weighted by atomic mass is 9.88. The maximum absolute atomic E-state index is 3.73. The van der Waals surface area contributed by atoms with E-state index in [1.807, 2.05) is 0 Å². The van der Waals surface area contributed by atoms with Gasteiger partial charge in [0.1, 0.15) is 0 Å². The summed E-state index contributed by atoms with van der Waals surface area (Å²) in [6.07, 6.45) is 5.37. The monoisotopic (exact) mass is 291 g/mol. The molecular weight excluding hydrogens is 262 g/mol. The summed E-state index contributed by atoms with van der Waals surface area (Å²) in [5, 5.41) is 3.73. The first-order valence-electron chi connectivity index (χ1n) is 8.07. The Morgan fingerprint density at radius 1 is 1.20 bits per heavy atom. The summed E-state index contributed by atoms with van der Waals surface area (Å²) >= 11 is 2.13. The van der Waals surface area contributed by atoms with Crippen molar-refractivity contribution in [2.45, 2.75) is 52.5 Å². The molecule has 0 radical (unpaired) electrons. The van der Waals surface area contributed by atoms with Gasteiger partial charge in [-0.05, 0) is 80.2 Å². The molecule has 1 heterocycles. The second kappa shape index (κ2) is 8.09. The van der Waals surface area contributed by atoms with E-state index in [0.717, 1.165) is 12.5 Å². The molecule has 0 aliphatic carbocycles. The highest BCUT2D eigenvalue weighted by Gasteiger charge is 2.20. The van der Waals surface area contributed by atoms with Crippen molar-refractivity contribution in [1.82, 2.24) is 5.32 Å². The topological polar surface area (TPSA) is 12.0 Å². The predicted octanol–water partition coefficient (Wildman–Crippen LogP) is 4.36. The lowest BCUT2D eigenvalue weighted by Gasteiger charge is -2.27. The summed E-state index contributed by atoms with van der Waals surface area (Å²) in [7, 11) is 0. The van der Waals surface area contributed by atoms with Gasteiger partial charge in [-0.3, -0.25) is 0 Å². The van der Waals surface area contributed by atoms with Crippen LogP contribution in [0.25, 0.3) is 0 Å². The molecule has 1 fully saturated rings. The smallest absolute Gasteiger partial charge is 0.0110 e. The summed E-state index contributed by atoms with van der Waals surface area (Å²) < 4.78 is 0. The Labute approximate surface area is 128 Å². The quantitative estimate of drug-likeness (QED) is 0.836. The van der Waals surface area contributed by atoms with E-state index in [0.29, 0.717) is 6.04 Å². The van der Waals surface area contributed by atoms with E-state index in [-0.39, 0.29) is 0 Å². The van der Waals surface area contributed by atoms with Crippen LogP contribution in [-0.4, -0.2) is 24.1 Å². The van der Waals surface area contributed by atoms with Gasteiger partial charge in [-0.25, -0.2) is 0 Å². The number of likely N-dealkylation sites (N-methyl/N-ethyl adjacent to an activating group) is 1. The molecule has 2 heteroatoms. The molecular formula is C18H29NS. The molecule has 1 atom stereocenters. The van der Waals surface area contributed by atoms with Crippen LogP contribution in [0.15, 0.2) is 18.2 Å². The van der Waals surface area contributed by atoms with E-state index in [2.05, 4.69) is 56.0 Å². The van der Waals surface area contributed by atoms with Gasteiger partial charge in [0.2, 0.25) is 0 Å². The van der Waals surface area contributed by atoms with Crippen LogP contribution >= 0.6 is 11.8 Å². The van der Waals surface area contributed by atoms with E-state index < -0.39 is 0 Å². The third-order valence-electron chi connectivity index (χ3n) is 4.55. The normalized spacial score (nSPS) is 18.1. The molecule has 1 aliphatic heterocycles. The molecule has 0 spiro atoms. The number of hydrogen-bond donors (Lipinski definition) is 1. The number of aryl methyl sites for hydroxylation is 2. The summed E-state index contributed by atoms with van der Waals surface area (Å²) in [5.41, 5.74) is 4.46. The van der Waals surface area contributed by atoms with E-state index in [1.165, 1.54) is 48.3 Å². The van der Waals surface area contributed by atoms with Gasteiger partial charge in [-0.1, -0.05) is 25.1 Å². The van der Waals surface area contributed by atoms with Crippen molar-refractivity contribution in [3.8, 4) is 0 Å². The summed E-state index contributed by atoms with van der Waals surface area (Å²) in [6, 6.07) is 7.33. The first-order chi connectivity index (χ1) is 9.70. The fraction of sp³-hybridized carbons (Fsp3) is 0.667. The Hall–Kier alpha value is -0.470. The molecule has 1 saturated heterocycles. The minimum absolute atomic E-state index is 0.646. The molecule has 0 bridgehead atoms. The minimum Gasteiger partial charge on any atom is -0.314 e. The second-order valence-corrected chi connectivity index (χ2v) is 7.35. The average Bonchev–Trinajstić information content (AvgIpc) is 2.44. The van der Waals surface area contributed by atoms with Crippen molar-refractivity contribution < 1.29 is 0 Å². The Balaban J connectivity index is 2.00. The number of hydrogen-bond acceptors (Lipinski definition) is 2. The fourth-order valence-corrected chi connectivity index (χ4v) is 4.53. The maximum Gasteiger partial charge on any atom is 0.0110 e. The molecule has 0 aromatic heterocycles. The molecule has 1 aromatic carbocycles. The van der Waals surface area contributed by atoms with Crippen LogP contribution in [0.2, 0.25) is 0 Å². The van der Waals surface area contributed by atoms with Crippen LogP contribution < -0.4 is 5.32 Å². The number of nitrogens with one attached hydrogen (secondary N) is 1. The molecule has 2 rings (SSSR count). The van der Waals surface area contributed by atoms with Crippen molar-refractivity contribution in [2.24, 2.45) is 5.92 Å². The molecule has 1 aromatic rings. The SMILES string of the molecule is CCNC(Cc1c(C)cccc1C)CC1CCSCC1. The number of thioether (sulfide) groups is 1. The van der Waals surface area contributed by atoms with Crippen LogP contribution in [0, 0.1) is 19.8 Å². The summed E-state index contributed by atoms with van der Waals surface area (Å²) in [4.78, 5) is 0. The van der Waals surface area contributed by atoms with Crippen molar-refractivity contribution in [3.05, 3.63) is 34.9 Å². The molecule has 1 aliphatic rings. The third-order valence-corrected chi connectivity index (χ3v) is 5.60. The highest BCUT2D eigenvalue weighted by molar-refractivity contribution is 7.99. The first-order valence-corrected chi connectivity index (χ1v) is 9.22. The molecule has 0 saturated carbocycles. The Morgan fingerprint density at radius 2 is 1.85 bits per heavy atom. The molecule has 1 nitrogen and oxygen atoms in total. The molecule has 20 heavy (non-hydrogen) atoms. The van der Waals surface area contributed by atoms with Gasteiger partial charge in [0.25, 0.3) is 0 Å². The van der Waals surface area contributed by atoms with Crippen LogP contribution in [0.3, 0.4) is 0 Å². The first kappa shape index (κ1) is 15.9. The summed E-state index contributed by atoms with van der Waals surface area (Å²) in [5.74, 6) is 3.67. The van der Waals surface area contributed by atoms with Crippen LogP contribution in [0.4, 0.5) is 0 Å². The molecule has 0 amide bonds. The maximum atomic E-state index is 3.73. The molecule has 1 unspecified atom stereocenters. The van der Waals surface area contributed by atoms with Gasteiger partial charge in [-0.2, -0.15) is 11.8 Å². The zero-order chi connectivity index (χ0) is 14.4. The standard InChI is InChI=1S/C18H29NS/c1-4-19-17(12-16-8-10-20-11-9-16)13-18-14(2)6-5-7-15(18)3/h5-7,16-17,19H,4,8-13H2,1-3H3. The third kappa shape index (κ3) is 4.53. The largest absolute Gasteiger partial charge is 0.314 e. The zero-order valence-corrected chi connectivity index (χ0v) is 14.1. The zero-order valence-electron chi connectivity index (χ0n) is 13.2. The Kier molecular flexibility index (Phi) is 6.44. The van der Waals surface area contributed by atoms with E-state index in [9.17, 15) is 0 Å². The van der Waals surface area contributed by atoms with Gasteiger partial charge in [0.05, 0.1) is 0 Å². The molecule has 112 valence electrons. The van der Waals surface area contributed by atoms with E-state index in [4.69, 9.17) is 0 Å². The second-order valence-electron chi connectivity index (χ2n) is 6.12. The van der Waals surface area contributed by atoms with E-state index >= 15 is 0 Å².